The van der Waals surface area contributed by atoms with E-state index in [-0.39, 0.29) is 24.7 Å². The van der Waals surface area contributed by atoms with E-state index in [0.29, 0.717) is 28.0 Å². The SMILES string of the molecule is COCc1nc(OC)c2c(C)c(C(=O)NCc3ccc(N4CC(C)OC(C)C4)nc3)sc2n1. The molecule has 10 heteroatoms. The van der Waals surface area contributed by atoms with Crippen molar-refractivity contribution in [2.45, 2.75) is 46.1 Å². The van der Waals surface area contributed by atoms with E-state index in [1.165, 1.54) is 11.3 Å². The van der Waals surface area contributed by atoms with Crippen LogP contribution in [0.2, 0.25) is 0 Å². The molecule has 0 saturated carbocycles. The molecule has 0 spiro atoms. The number of thiophene rings is 1. The highest BCUT2D eigenvalue weighted by molar-refractivity contribution is 7.20. The zero-order chi connectivity index (χ0) is 23.5. The Hall–Kier alpha value is -2.82. The second kappa shape index (κ2) is 9.98. The third-order valence-electron chi connectivity index (χ3n) is 5.48. The molecule has 1 aliphatic rings. The van der Waals surface area contributed by atoms with Gasteiger partial charge in [-0.1, -0.05) is 6.07 Å². The number of nitrogens with one attached hydrogen (secondary N) is 1. The van der Waals surface area contributed by atoms with Crippen LogP contribution < -0.4 is 15.0 Å². The van der Waals surface area contributed by atoms with Crippen molar-refractivity contribution < 1.29 is 19.0 Å². The van der Waals surface area contributed by atoms with E-state index in [4.69, 9.17) is 14.2 Å². The summed E-state index contributed by atoms with van der Waals surface area (Å²) in [6.45, 7) is 8.32. The molecular formula is C23H29N5O4S. The molecule has 0 aromatic carbocycles. The third kappa shape index (κ3) is 5.07. The van der Waals surface area contributed by atoms with Gasteiger partial charge in [0.1, 0.15) is 17.3 Å². The van der Waals surface area contributed by atoms with Gasteiger partial charge in [-0.15, -0.1) is 11.3 Å². The Labute approximate surface area is 197 Å². The molecule has 4 rings (SSSR count). The van der Waals surface area contributed by atoms with E-state index >= 15 is 0 Å². The minimum Gasteiger partial charge on any atom is -0.480 e. The van der Waals surface area contributed by atoms with Crippen LogP contribution in [0.3, 0.4) is 0 Å². The second-order valence-corrected chi connectivity index (χ2v) is 9.19. The van der Waals surface area contributed by atoms with Crippen molar-refractivity contribution in [3.8, 4) is 5.88 Å². The zero-order valence-corrected chi connectivity index (χ0v) is 20.4. The highest BCUT2D eigenvalue weighted by atomic mass is 32.1. The van der Waals surface area contributed by atoms with Crippen LogP contribution in [0, 0.1) is 6.92 Å². The van der Waals surface area contributed by atoms with Crippen LogP contribution in [-0.2, 0) is 22.6 Å². The van der Waals surface area contributed by atoms with Gasteiger partial charge >= 0.3 is 0 Å². The van der Waals surface area contributed by atoms with Crippen molar-refractivity contribution >= 4 is 33.3 Å². The van der Waals surface area contributed by atoms with Gasteiger partial charge in [-0.25, -0.2) is 9.97 Å². The first-order valence-electron chi connectivity index (χ1n) is 10.9. The summed E-state index contributed by atoms with van der Waals surface area (Å²) in [5, 5.41) is 3.75. The van der Waals surface area contributed by atoms with Gasteiger partial charge < -0.3 is 24.4 Å². The van der Waals surface area contributed by atoms with Crippen molar-refractivity contribution in [1.82, 2.24) is 20.3 Å². The monoisotopic (exact) mass is 471 g/mol. The summed E-state index contributed by atoms with van der Waals surface area (Å²) in [5.74, 6) is 1.73. The molecule has 1 saturated heterocycles. The minimum absolute atomic E-state index is 0.161. The van der Waals surface area contributed by atoms with Crippen molar-refractivity contribution in [1.29, 1.82) is 0 Å². The predicted molar refractivity (Wildman–Crippen MR) is 127 cm³/mol. The Bertz CT molecular complexity index is 1120. The van der Waals surface area contributed by atoms with E-state index in [1.807, 2.05) is 25.3 Å². The summed E-state index contributed by atoms with van der Waals surface area (Å²) in [4.78, 5) is 30.0. The van der Waals surface area contributed by atoms with E-state index in [1.54, 1.807) is 14.2 Å². The average Bonchev–Trinajstić information content (AvgIpc) is 3.13. The number of fused-ring (bicyclic) bond motifs is 1. The van der Waals surface area contributed by atoms with Crippen LogP contribution in [0.5, 0.6) is 5.88 Å². The topological polar surface area (TPSA) is 98.7 Å². The maximum absolute atomic E-state index is 12.9. The molecule has 4 heterocycles. The lowest BCUT2D eigenvalue weighted by molar-refractivity contribution is -0.00546. The number of hydrogen-bond acceptors (Lipinski definition) is 9. The average molecular weight is 472 g/mol. The maximum Gasteiger partial charge on any atom is 0.261 e. The van der Waals surface area contributed by atoms with Gasteiger partial charge in [-0.3, -0.25) is 4.79 Å². The largest absolute Gasteiger partial charge is 0.480 e. The number of pyridine rings is 1. The molecule has 0 radical (unpaired) electrons. The lowest BCUT2D eigenvalue weighted by Gasteiger charge is -2.36. The highest BCUT2D eigenvalue weighted by Gasteiger charge is 2.23. The number of methoxy groups -OCH3 is 2. The number of nitrogens with zero attached hydrogens (tertiary/aromatic N) is 4. The van der Waals surface area contributed by atoms with Gasteiger partial charge in [0.05, 0.1) is 29.6 Å². The molecule has 3 aromatic heterocycles. The van der Waals surface area contributed by atoms with E-state index in [0.717, 1.165) is 35.4 Å². The molecule has 1 amide bonds. The molecule has 1 aliphatic heterocycles. The summed E-state index contributed by atoms with van der Waals surface area (Å²) in [7, 11) is 3.14. The third-order valence-corrected chi connectivity index (χ3v) is 6.67. The van der Waals surface area contributed by atoms with Crippen LogP contribution in [0.1, 0.15) is 40.5 Å². The molecule has 176 valence electrons. The standard InChI is InChI=1S/C23H29N5O4S/c1-13-10-28(11-14(2)32-13)18-7-6-16(8-24-18)9-25-21(29)20-15(3)19-22(31-5)26-17(12-30-4)27-23(19)33-20/h6-8,13-14H,9-12H2,1-5H3,(H,25,29). The first-order valence-corrected chi connectivity index (χ1v) is 11.7. The van der Waals surface area contributed by atoms with E-state index in [2.05, 4.69) is 39.0 Å². The molecule has 0 bridgehead atoms. The fraction of sp³-hybridized carbons (Fsp3) is 0.478. The molecule has 33 heavy (non-hydrogen) atoms. The van der Waals surface area contributed by atoms with Crippen LogP contribution >= 0.6 is 11.3 Å². The maximum atomic E-state index is 12.9. The lowest BCUT2D eigenvalue weighted by atomic mass is 10.2. The number of amides is 1. The smallest absolute Gasteiger partial charge is 0.261 e. The zero-order valence-electron chi connectivity index (χ0n) is 19.5. The summed E-state index contributed by atoms with van der Waals surface area (Å²) in [5.41, 5.74) is 1.73. The Balaban J connectivity index is 1.46. The number of carbonyl (C=O) groups excluding carboxylic acids is 1. The van der Waals surface area contributed by atoms with Gasteiger partial charge in [-0.2, -0.15) is 4.98 Å². The summed E-state index contributed by atoms with van der Waals surface area (Å²) < 4.78 is 16.4. The predicted octanol–water partition coefficient (Wildman–Crippen LogP) is 3.09. The van der Waals surface area contributed by atoms with Gasteiger partial charge in [-0.05, 0) is 38.0 Å². The quantitative estimate of drug-likeness (QED) is 0.561. The van der Waals surface area contributed by atoms with Gasteiger partial charge in [0.2, 0.25) is 5.88 Å². The number of ether oxygens (including phenoxy) is 3. The Morgan fingerprint density at radius 2 is 2.00 bits per heavy atom. The summed E-state index contributed by atoms with van der Waals surface area (Å²) >= 11 is 1.33. The van der Waals surface area contributed by atoms with E-state index < -0.39 is 0 Å². The Kier molecular flexibility index (Phi) is 7.06. The fourth-order valence-electron chi connectivity index (χ4n) is 4.04. The first-order chi connectivity index (χ1) is 15.9. The minimum atomic E-state index is -0.161. The molecule has 1 fully saturated rings. The molecule has 2 atom stereocenters. The fourth-order valence-corrected chi connectivity index (χ4v) is 5.14. The van der Waals surface area contributed by atoms with Crippen LogP contribution in [0.4, 0.5) is 5.82 Å². The summed E-state index contributed by atoms with van der Waals surface area (Å²) in [6, 6.07) is 3.99. The van der Waals surface area contributed by atoms with Crippen molar-refractivity contribution in [2.75, 3.05) is 32.2 Å². The lowest BCUT2D eigenvalue weighted by Crippen LogP contribution is -2.45. The molecule has 3 aromatic rings. The molecular weight excluding hydrogens is 442 g/mol. The summed E-state index contributed by atoms with van der Waals surface area (Å²) in [6.07, 6.45) is 2.16. The molecule has 1 N–H and O–H groups in total. The normalized spacial score (nSPS) is 18.5. The molecule has 0 aliphatic carbocycles. The van der Waals surface area contributed by atoms with Crippen molar-refractivity contribution in [2.24, 2.45) is 0 Å². The number of rotatable bonds is 7. The molecule has 9 nitrogen and oxygen atoms in total. The van der Waals surface area contributed by atoms with Crippen molar-refractivity contribution in [3.63, 3.8) is 0 Å². The number of aryl methyl sites for hydroxylation is 1. The Morgan fingerprint density at radius 1 is 1.24 bits per heavy atom. The van der Waals surface area contributed by atoms with Crippen LogP contribution in [0.15, 0.2) is 18.3 Å². The number of carbonyl (C=O) groups is 1. The second-order valence-electron chi connectivity index (χ2n) is 8.19. The van der Waals surface area contributed by atoms with Crippen molar-refractivity contribution in [3.05, 3.63) is 40.2 Å². The number of morpholine rings is 1. The number of aromatic nitrogens is 3. The Morgan fingerprint density at radius 3 is 2.64 bits per heavy atom. The number of hydrogen-bond donors (Lipinski definition) is 1. The van der Waals surface area contributed by atoms with E-state index in [9.17, 15) is 4.79 Å². The highest BCUT2D eigenvalue weighted by Crippen LogP contribution is 2.35. The van der Waals surface area contributed by atoms with Gasteiger partial charge in [0.15, 0.2) is 5.82 Å². The van der Waals surface area contributed by atoms with Crippen LogP contribution in [0.25, 0.3) is 10.2 Å². The van der Waals surface area contributed by atoms with Crippen LogP contribution in [-0.4, -0.2) is 60.4 Å². The van der Waals surface area contributed by atoms with Gasteiger partial charge in [0.25, 0.3) is 5.91 Å². The first kappa shape index (κ1) is 23.3. The number of anilines is 1. The molecule has 2 unspecified atom stereocenters. The van der Waals surface area contributed by atoms with Gasteiger partial charge in [0, 0.05) is 32.9 Å².